The molecule has 4 heterocycles. The zero-order valence-corrected chi connectivity index (χ0v) is 43.3. The van der Waals surface area contributed by atoms with E-state index in [1.165, 1.54) is 6.08 Å². The summed E-state index contributed by atoms with van der Waals surface area (Å²) in [5.74, 6) is 1.86. The van der Waals surface area contributed by atoms with E-state index in [1.807, 2.05) is 183 Å². The Bertz CT molecular complexity index is 2710. The van der Waals surface area contributed by atoms with E-state index in [9.17, 15) is 0 Å². The van der Waals surface area contributed by atoms with Crippen LogP contribution in [0.1, 0.15) is 37.2 Å². The molecule has 0 amide bonds. The van der Waals surface area contributed by atoms with Crippen LogP contribution >= 0.6 is 0 Å². The van der Waals surface area contributed by atoms with Crippen molar-refractivity contribution in [2.45, 2.75) is 20.3 Å². The van der Waals surface area contributed by atoms with Gasteiger partial charge in [-0.2, -0.15) is 0 Å². The van der Waals surface area contributed by atoms with Gasteiger partial charge in [0.2, 0.25) is 0 Å². The molecule has 4 aromatic heterocycles. The monoisotopic (exact) mass is 1270 g/mol. The first-order valence-corrected chi connectivity index (χ1v) is 21.8. The van der Waals surface area contributed by atoms with Gasteiger partial charge in [0, 0.05) is 106 Å². The maximum absolute atomic E-state index is 7.89. The molecule has 0 aliphatic heterocycles. The molecule has 0 unspecified atom stereocenters. The van der Waals surface area contributed by atoms with Crippen molar-refractivity contribution in [1.29, 1.82) is 10.8 Å². The first-order chi connectivity index (χ1) is 33.2. The van der Waals surface area contributed by atoms with Crippen molar-refractivity contribution in [3.05, 3.63) is 266 Å². The molecular formula is C58H50Ir2N10-4. The van der Waals surface area contributed by atoms with E-state index in [0.717, 1.165) is 38.9 Å². The molecule has 5 aromatic carbocycles. The topological polar surface area (TPSA) is 173 Å². The fourth-order valence-corrected chi connectivity index (χ4v) is 6.27. The van der Waals surface area contributed by atoms with E-state index < -0.39 is 0 Å². The number of pyridine rings is 2. The van der Waals surface area contributed by atoms with Gasteiger partial charge >= 0.3 is 0 Å². The summed E-state index contributed by atoms with van der Waals surface area (Å²) in [6.45, 7) is 4.12. The zero-order chi connectivity index (χ0) is 47.8. The standard InChI is InChI=1S/2C16H11N2.C14H12N3.C12H16N3.2Ir/c2*1-3-7-13(8-4-1)15-11-17-16(18-12-15)14-9-5-2-6-10-14;15-12(11-6-2-1-3-7-11)10-13(16)14-8-4-5-9-17-14;1-9(2)7-10(13)8-11(14)12-5-3-4-6-15-12;;/h2*1-9,11-12H;1-10,15-16H;3-6,8-9,13-14H,7H2,1-2H3;;/q4*-1;;/b;;13-10-,15-12?;11-8-,13-10?;;. The summed E-state index contributed by atoms with van der Waals surface area (Å²) >= 11 is 0. The number of nitrogens with zero attached hydrogens (tertiary/aromatic N) is 6. The van der Waals surface area contributed by atoms with Gasteiger partial charge in [-0.1, -0.05) is 123 Å². The molecule has 354 valence electrons. The van der Waals surface area contributed by atoms with Crippen molar-refractivity contribution in [3.63, 3.8) is 0 Å². The largest absolute Gasteiger partial charge is 0.697 e. The second-order valence-electron chi connectivity index (χ2n) is 15.3. The molecule has 0 aliphatic rings. The average Bonchev–Trinajstić information content (AvgIpc) is 3.41. The minimum atomic E-state index is 0. The van der Waals surface area contributed by atoms with Crippen LogP contribution in [0.15, 0.2) is 225 Å². The molecule has 0 atom stereocenters. The quantitative estimate of drug-likeness (QED) is 0.0963. The first-order valence-electron chi connectivity index (χ1n) is 21.8. The van der Waals surface area contributed by atoms with Crippen molar-refractivity contribution in [1.82, 2.24) is 29.9 Å². The number of benzene rings is 5. The Morgan fingerprint density at radius 2 is 0.857 bits per heavy atom. The van der Waals surface area contributed by atoms with Crippen LogP contribution in [0.25, 0.3) is 67.9 Å². The number of nitrogens with one attached hydrogen (secondary N) is 4. The molecule has 9 aromatic rings. The Balaban J connectivity index is 0.000000202. The van der Waals surface area contributed by atoms with E-state index in [4.69, 9.17) is 22.3 Å². The molecule has 10 nitrogen and oxygen atoms in total. The maximum Gasteiger partial charge on any atom is 0.0748 e. The predicted octanol–water partition coefficient (Wildman–Crippen LogP) is 14.3. The summed E-state index contributed by atoms with van der Waals surface area (Å²) in [7, 11) is 0. The summed E-state index contributed by atoms with van der Waals surface area (Å²) in [5.41, 5.74) is 25.1. The molecule has 2 radical (unpaired) electrons. The van der Waals surface area contributed by atoms with Crippen molar-refractivity contribution in [2.75, 3.05) is 0 Å². The first kappa shape index (κ1) is 54.9. The number of hydrogen-bond donors (Lipinski definition) is 2. The van der Waals surface area contributed by atoms with E-state index in [-0.39, 0.29) is 45.9 Å². The fourth-order valence-electron chi connectivity index (χ4n) is 6.27. The van der Waals surface area contributed by atoms with Gasteiger partial charge in [-0.3, -0.25) is 29.9 Å². The Kier molecular flexibility index (Phi) is 23.5. The van der Waals surface area contributed by atoms with Crippen LogP contribution in [0.3, 0.4) is 0 Å². The number of rotatable bonds is 11. The second kappa shape index (κ2) is 29.9. The summed E-state index contributed by atoms with van der Waals surface area (Å²) in [5, 5.41) is 15.6. The van der Waals surface area contributed by atoms with Gasteiger partial charge in [-0.15, -0.1) is 83.2 Å². The molecule has 0 aliphatic carbocycles. The minimum Gasteiger partial charge on any atom is -0.697 e. The minimum absolute atomic E-state index is 0. The Morgan fingerprint density at radius 1 is 0.471 bits per heavy atom. The predicted molar refractivity (Wildman–Crippen MR) is 277 cm³/mol. The van der Waals surface area contributed by atoms with Crippen LogP contribution in [0.4, 0.5) is 0 Å². The summed E-state index contributed by atoms with van der Waals surface area (Å²) < 4.78 is 0. The zero-order valence-electron chi connectivity index (χ0n) is 38.5. The van der Waals surface area contributed by atoms with E-state index in [2.05, 4.69) is 55.9 Å². The second-order valence-corrected chi connectivity index (χ2v) is 15.3. The van der Waals surface area contributed by atoms with Gasteiger partial charge < -0.3 is 22.3 Å². The van der Waals surface area contributed by atoms with Gasteiger partial charge in [-0.25, -0.2) is 0 Å². The fraction of sp³-hybridized carbons (Fsp3) is 0.0690. The maximum atomic E-state index is 7.89. The van der Waals surface area contributed by atoms with Crippen molar-refractivity contribution in [2.24, 2.45) is 5.92 Å². The van der Waals surface area contributed by atoms with Crippen molar-refractivity contribution >= 4 is 22.8 Å². The number of allylic oxidation sites excluding steroid dienone is 2. The molecule has 4 N–H and O–H groups in total. The van der Waals surface area contributed by atoms with Crippen LogP contribution < -0.4 is 0 Å². The van der Waals surface area contributed by atoms with Crippen LogP contribution in [0, 0.1) is 28.9 Å². The van der Waals surface area contributed by atoms with Crippen LogP contribution in [0.5, 0.6) is 0 Å². The molecule has 70 heavy (non-hydrogen) atoms. The van der Waals surface area contributed by atoms with Gasteiger partial charge in [0.25, 0.3) is 0 Å². The summed E-state index contributed by atoms with van der Waals surface area (Å²) in [4.78, 5) is 25.7. The number of hydrogen-bond acceptors (Lipinski definition) is 8. The third kappa shape index (κ3) is 18.1. The van der Waals surface area contributed by atoms with Gasteiger partial charge in [-0.05, 0) is 59.4 Å². The molecule has 0 saturated carbocycles. The van der Waals surface area contributed by atoms with Crippen molar-refractivity contribution < 1.29 is 40.2 Å². The van der Waals surface area contributed by atoms with E-state index in [1.54, 1.807) is 36.7 Å². The van der Waals surface area contributed by atoms with Crippen LogP contribution in [-0.4, -0.2) is 41.3 Å². The van der Waals surface area contributed by atoms with Crippen LogP contribution in [-0.2, 0) is 40.2 Å². The molecule has 0 bridgehead atoms. The normalized spacial score (nSPS) is 10.5. The molecule has 0 fully saturated rings. The SMILES string of the molecule is CC(C)CC(=N)/C=C(\[NH-])c1ccccn1.N=C(/C=C(\[NH-])c1ccccn1)c1ccccc1.[Ir].[Ir].[c-]1ccccc1-c1ncc(-c2ccccc2)cn1.[c-]1ccccc1-c1ncc(-c2ccccc2)cn1. The van der Waals surface area contributed by atoms with Crippen molar-refractivity contribution in [3.8, 4) is 45.0 Å². The molecule has 9 rings (SSSR count). The van der Waals surface area contributed by atoms with Crippen LogP contribution in [0.2, 0.25) is 0 Å². The third-order valence-corrected chi connectivity index (χ3v) is 9.62. The average molecular weight is 1270 g/mol. The van der Waals surface area contributed by atoms with Gasteiger partial charge in [0.1, 0.15) is 0 Å². The summed E-state index contributed by atoms with van der Waals surface area (Å²) in [6.07, 6.45) is 14.5. The summed E-state index contributed by atoms with van der Waals surface area (Å²) in [6, 6.07) is 62.1. The molecule has 0 spiro atoms. The van der Waals surface area contributed by atoms with Gasteiger partial charge in [0.05, 0.1) is 17.4 Å². The Hall–Kier alpha value is -7.72. The van der Waals surface area contributed by atoms with E-state index >= 15 is 0 Å². The smallest absolute Gasteiger partial charge is 0.0748 e. The molecule has 0 saturated heterocycles. The van der Waals surface area contributed by atoms with Gasteiger partial charge in [0.15, 0.2) is 0 Å². The van der Waals surface area contributed by atoms with E-state index in [0.29, 0.717) is 52.5 Å². The molecule has 12 heteroatoms. The molecular weight excluding hydrogens is 1220 g/mol. The third-order valence-electron chi connectivity index (χ3n) is 9.62. The Morgan fingerprint density at radius 3 is 1.23 bits per heavy atom. The Labute approximate surface area is 438 Å². The number of aromatic nitrogens is 6.